The Kier molecular flexibility index (Phi) is 4.37. The van der Waals surface area contributed by atoms with E-state index in [4.69, 9.17) is 11.6 Å². The molecule has 1 nitrogen and oxygen atoms in total. The highest BCUT2D eigenvalue weighted by atomic mass is 79.9. The van der Waals surface area contributed by atoms with Crippen molar-refractivity contribution < 1.29 is 13.2 Å². The summed E-state index contributed by atoms with van der Waals surface area (Å²) in [6, 6.07) is 5.92. The monoisotopic (exact) mass is 349 g/mol. The van der Waals surface area contributed by atoms with E-state index < -0.39 is 11.6 Å². The van der Waals surface area contributed by atoms with Crippen LogP contribution in [0.2, 0.25) is 5.02 Å². The van der Waals surface area contributed by atoms with Crippen LogP contribution < -0.4 is 5.32 Å². The summed E-state index contributed by atoms with van der Waals surface area (Å²) < 4.78 is 39.9. The summed E-state index contributed by atoms with van der Waals surface area (Å²) >= 11 is 8.95. The number of halogens is 5. The molecule has 0 heterocycles. The normalized spacial score (nSPS) is 10.6. The van der Waals surface area contributed by atoms with Gasteiger partial charge in [0.25, 0.3) is 0 Å². The molecule has 0 aliphatic carbocycles. The second-order valence-electron chi connectivity index (χ2n) is 3.83. The second-order valence-corrected chi connectivity index (χ2v) is 5.10. The third-order valence-electron chi connectivity index (χ3n) is 2.48. The van der Waals surface area contributed by atoms with Gasteiger partial charge in [-0.05, 0) is 23.8 Å². The molecule has 19 heavy (non-hydrogen) atoms. The summed E-state index contributed by atoms with van der Waals surface area (Å²) in [5.41, 5.74) is 0.737. The van der Waals surface area contributed by atoms with E-state index >= 15 is 0 Å². The number of hydrogen-bond donors (Lipinski definition) is 1. The maximum absolute atomic E-state index is 13.5. The lowest BCUT2D eigenvalue weighted by molar-refractivity contribution is 0.585. The van der Waals surface area contributed by atoms with Gasteiger partial charge in [0.2, 0.25) is 0 Å². The lowest BCUT2D eigenvalue weighted by Crippen LogP contribution is -2.03. The average molecular weight is 351 g/mol. The summed E-state index contributed by atoms with van der Waals surface area (Å²) in [4.78, 5) is 0. The van der Waals surface area contributed by atoms with Crippen LogP contribution in [0.15, 0.2) is 34.8 Å². The molecule has 6 heteroatoms. The molecule has 0 aliphatic rings. The third-order valence-corrected chi connectivity index (χ3v) is 3.51. The molecule has 2 aromatic carbocycles. The molecule has 100 valence electrons. The molecule has 2 aromatic rings. The molecule has 0 atom stereocenters. The van der Waals surface area contributed by atoms with E-state index in [1.165, 1.54) is 12.1 Å². The first-order chi connectivity index (χ1) is 8.97. The predicted molar refractivity (Wildman–Crippen MR) is 72.8 cm³/mol. The maximum atomic E-state index is 13.5. The van der Waals surface area contributed by atoms with Crippen LogP contribution in [0.5, 0.6) is 0 Å². The first kappa shape index (κ1) is 14.2. The molecular formula is C13H8BrClF3N. The van der Waals surface area contributed by atoms with E-state index in [0.29, 0.717) is 4.47 Å². The second kappa shape index (κ2) is 5.84. The number of anilines is 1. The van der Waals surface area contributed by atoms with Gasteiger partial charge in [-0.3, -0.25) is 0 Å². The van der Waals surface area contributed by atoms with E-state index in [1.807, 2.05) is 0 Å². The topological polar surface area (TPSA) is 12.0 Å². The molecule has 0 aliphatic heterocycles. The molecule has 0 unspecified atom stereocenters. The largest absolute Gasteiger partial charge is 0.377 e. The quantitative estimate of drug-likeness (QED) is 0.809. The highest BCUT2D eigenvalue weighted by molar-refractivity contribution is 9.10. The summed E-state index contributed by atoms with van der Waals surface area (Å²) in [6.07, 6.45) is 0. The van der Waals surface area contributed by atoms with Crippen LogP contribution in [0, 0.1) is 17.5 Å². The Morgan fingerprint density at radius 2 is 1.79 bits per heavy atom. The number of benzene rings is 2. The standard InChI is InChI=1S/C13H8BrClF3N/c14-10-3-8(16)2-1-7(10)6-19-13-11(15)4-9(17)5-12(13)18/h1-5,19H,6H2. The van der Waals surface area contributed by atoms with Gasteiger partial charge in [0.1, 0.15) is 11.6 Å². The van der Waals surface area contributed by atoms with Crippen LogP contribution in [0.4, 0.5) is 18.9 Å². The van der Waals surface area contributed by atoms with Crippen molar-refractivity contribution in [2.45, 2.75) is 6.54 Å². The van der Waals surface area contributed by atoms with Crippen LogP contribution in [0.1, 0.15) is 5.56 Å². The molecule has 0 saturated carbocycles. The highest BCUT2D eigenvalue weighted by Crippen LogP contribution is 2.27. The van der Waals surface area contributed by atoms with Gasteiger partial charge in [0.05, 0.1) is 10.7 Å². The zero-order chi connectivity index (χ0) is 14.0. The van der Waals surface area contributed by atoms with Gasteiger partial charge in [0.15, 0.2) is 5.82 Å². The van der Waals surface area contributed by atoms with E-state index in [9.17, 15) is 13.2 Å². The Bertz CT molecular complexity index is 596. The number of rotatable bonds is 3. The van der Waals surface area contributed by atoms with Crippen molar-refractivity contribution >= 4 is 33.2 Å². The van der Waals surface area contributed by atoms with Crippen molar-refractivity contribution in [1.82, 2.24) is 0 Å². The zero-order valence-electron chi connectivity index (χ0n) is 9.48. The summed E-state index contributed by atoms with van der Waals surface area (Å²) in [5.74, 6) is -1.89. The van der Waals surface area contributed by atoms with Crippen molar-refractivity contribution in [3.05, 3.63) is 62.8 Å². The summed E-state index contributed by atoms with van der Waals surface area (Å²) in [5, 5.41) is 2.71. The lowest BCUT2D eigenvalue weighted by atomic mass is 10.2. The molecule has 0 saturated heterocycles. The van der Waals surface area contributed by atoms with Crippen LogP contribution in [-0.4, -0.2) is 0 Å². The van der Waals surface area contributed by atoms with Crippen LogP contribution in [-0.2, 0) is 6.54 Å². The predicted octanol–water partition coefficient (Wildman–Crippen LogP) is 5.13. The fourth-order valence-electron chi connectivity index (χ4n) is 1.56. The first-order valence-electron chi connectivity index (χ1n) is 5.29. The highest BCUT2D eigenvalue weighted by Gasteiger charge is 2.10. The molecule has 1 N–H and O–H groups in total. The molecule has 0 bridgehead atoms. The van der Waals surface area contributed by atoms with E-state index in [1.54, 1.807) is 6.07 Å². The van der Waals surface area contributed by atoms with Gasteiger partial charge in [-0.15, -0.1) is 0 Å². The maximum Gasteiger partial charge on any atom is 0.150 e. The molecule has 0 fully saturated rings. The van der Waals surface area contributed by atoms with Gasteiger partial charge >= 0.3 is 0 Å². The van der Waals surface area contributed by atoms with Gasteiger partial charge in [-0.2, -0.15) is 0 Å². The van der Waals surface area contributed by atoms with Crippen molar-refractivity contribution in [2.75, 3.05) is 5.32 Å². The van der Waals surface area contributed by atoms with Crippen LogP contribution in [0.25, 0.3) is 0 Å². The SMILES string of the molecule is Fc1cc(F)c(NCc2ccc(F)cc2Br)c(Cl)c1. The Labute approximate surface area is 121 Å². The van der Waals surface area contributed by atoms with Gasteiger partial charge < -0.3 is 5.32 Å². The average Bonchev–Trinajstić information content (AvgIpc) is 2.30. The first-order valence-corrected chi connectivity index (χ1v) is 6.47. The van der Waals surface area contributed by atoms with Crippen molar-refractivity contribution in [3.63, 3.8) is 0 Å². The fraction of sp³-hybridized carbons (Fsp3) is 0.0769. The van der Waals surface area contributed by atoms with Crippen molar-refractivity contribution in [2.24, 2.45) is 0 Å². The van der Waals surface area contributed by atoms with Crippen LogP contribution >= 0.6 is 27.5 Å². The van der Waals surface area contributed by atoms with Crippen LogP contribution in [0.3, 0.4) is 0 Å². The van der Waals surface area contributed by atoms with Gasteiger partial charge in [-0.25, -0.2) is 13.2 Å². The molecule has 0 radical (unpaired) electrons. The fourth-order valence-corrected chi connectivity index (χ4v) is 2.31. The van der Waals surface area contributed by atoms with E-state index in [-0.39, 0.29) is 23.1 Å². The zero-order valence-corrected chi connectivity index (χ0v) is 11.8. The summed E-state index contributed by atoms with van der Waals surface area (Å²) in [6.45, 7) is 0.225. The number of nitrogens with one attached hydrogen (secondary N) is 1. The Balaban J connectivity index is 2.19. The molecule has 0 spiro atoms. The minimum atomic E-state index is -0.775. The third kappa shape index (κ3) is 3.42. The molecule has 0 aromatic heterocycles. The summed E-state index contributed by atoms with van der Waals surface area (Å²) in [7, 11) is 0. The molecule has 2 rings (SSSR count). The molecular weight excluding hydrogens is 343 g/mol. The van der Waals surface area contributed by atoms with Crippen molar-refractivity contribution in [3.8, 4) is 0 Å². The minimum absolute atomic E-state index is 0.0132. The van der Waals surface area contributed by atoms with Gasteiger partial charge in [-0.1, -0.05) is 33.6 Å². The Morgan fingerprint density at radius 3 is 2.42 bits per heavy atom. The van der Waals surface area contributed by atoms with Gasteiger partial charge in [0, 0.05) is 17.1 Å². The number of hydrogen-bond acceptors (Lipinski definition) is 1. The van der Waals surface area contributed by atoms with Crippen molar-refractivity contribution in [1.29, 1.82) is 0 Å². The molecule has 0 amide bonds. The van der Waals surface area contributed by atoms with E-state index in [2.05, 4.69) is 21.2 Å². The lowest BCUT2D eigenvalue weighted by Gasteiger charge is -2.11. The van der Waals surface area contributed by atoms with E-state index in [0.717, 1.165) is 17.7 Å². The Hall–Kier alpha value is -1.20. The Morgan fingerprint density at radius 1 is 1.05 bits per heavy atom. The minimum Gasteiger partial charge on any atom is -0.377 e. The smallest absolute Gasteiger partial charge is 0.150 e.